The highest BCUT2D eigenvalue weighted by atomic mass is 19.1. The fourth-order valence-electron chi connectivity index (χ4n) is 3.65. The van der Waals surface area contributed by atoms with E-state index in [-0.39, 0.29) is 17.5 Å². The van der Waals surface area contributed by atoms with E-state index in [0.29, 0.717) is 24.5 Å². The number of nitrogens with one attached hydrogen (secondary N) is 2. The first kappa shape index (κ1) is 30.6. The molecular weight excluding hydrogens is 475 g/mol. The highest BCUT2D eigenvalue weighted by Crippen LogP contribution is 2.19. The fraction of sp³-hybridized carbons (Fsp3) is 0.375. The summed E-state index contributed by atoms with van der Waals surface area (Å²) in [5, 5.41) is 5.98. The molecule has 38 heavy (non-hydrogen) atoms. The minimum atomic E-state index is -0.268. The van der Waals surface area contributed by atoms with E-state index < -0.39 is 0 Å². The molecule has 0 atom stereocenters. The molecule has 6 heteroatoms. The summed E-state index contributed by atoms with van der Waals surface area (Å²) in [6, 6.07) is 9.75. The molecular formula is C32H43FN4O. The van der Waals surface area contributed by atoms with Crippen LogP contribution >= 0.6 is 0 Å². The molecule has 1 aromatic carbocycles. The Hall–Kier alpha value is -3.67. The van der Waals surface area contributed by atoms with Crippen LogP contribution in [0.4, 0.5) is 21.7 Å². The third-order valence-electron chi connectivity index (χ3n) is 5.80. The number of carbonyl (C=O) groups excluding carboxylic acids is 1. The average Bonchev–Trinajstić information content (AvgIpc) is 2.91. The minimum absolute atomic E-state index is 0.0805. The fourth-order valence-corrected chi connectivity index (χ4v) is 3.65. The Kier molecular flexibility index (Phi) is 15.6. The number of pyridine rings is 1. The number of anilines is 3. The molecule has 1 heterocycles. The smallest absolute Gasteiger partial charge is 0.224 e. The molecule has 4 N–H and O–H groups in total. The highest BCUT2D eigenvalue weighted by Gasteiger charge is 2.07. The number of carbonyl (C=O) groups is 1. The van der Waals surface area contributed by atoms with Crippen molar-refractivity contribution in [1.82, 2.24) is 4.98 Å². The van der Waals surface area contributed by atoms with E-state index in [2.05, 4.69) is 71.1 Å². The summed E-state index contributed by atoms with van der Waals surface area (Å²) in [7, 11) is 0. The molecule has 0 unspecified atom stereocenters. The number of aromatic nitrogens is 1. The predicted molar refractivity (Wildman–Crippen MR) is 159 cm³/mol. The predicted octanol–water partition coefficient (Wildman–Crippen LogP) is 8.50. The van der Waals surface area contributed by atoms with Crippen molar-refractivity contribution >= 4 is 23.2 Å². The molecule has 2 aromatic rings. The lowest BCUT2D eigenvalue weighted by molar-refractivity contribution is -0.116. The number of rotatable bonds is 18. The maximum atomic E-state index is 13.0. The van der Waals surface area contributed by atoms with Crippen molar-refractivity contribution in [1.29, 1.82) is 0 Å². The van der Waals surface area contributed by atoms with Crippen LogP contribution in [-0.4, -0.2) is 10.9 Å². The standard InChI is InChI=1S/C32H43FN4O/c1-2-3-4-5-6-7-8-9-10-11-12-13-14-15-16-17-18-19-31(38)36-29-24-25-30(37-32(29)34)35-26-27-20-22-28(33)23-21-27/h3-4,9-10,12-13,15-16,20-25H,2,5-8,11,14,17-19,26H2,1H3,(H,36,38)(H3,34,35,37)/b4-3-,10-9-,13-12-,16-15-. The van der Waals surface area contributed by atoms with Gasteiger partial charge in [-0.05, 0) is 87.6 Å². The first-order valence-electron chi connectivity index (χ1n) is 13.7. The van der Waals surface area contributed by atoms with Crippen LogP contribution in [0.25, 0.3) is 0 Å². The summed E-state index contributed by atoms with van der Waals surface area (Å²) < 4.78 is 13.0. The van der Waals surface area contributed by atoms with Crippen molar-refractivity contribution in [3.05, 3.63) is 96.4 Å². The monoisotopic (exact) mass is 518 g/mol. The molecule has 0 saturated carbocycles. The van der Waals surface area contributed by atoms with E-state index in [1.807, 2.05) is 0 Å². The van der Waals surface area contributed by atoms with Gasteiger partial charge in [-0.3, -0.25) is 4.79 Å². The molecule has 1 amide bonds. The largest absolute Gasteiger partial charge is 0.382 e. The van der Waals surface area contributed by atoms with Crippen LogP contribution in [0.3, 0.4) is 0 Å². The molecule has 0 aliphatic rings. The first-order chi connectivity index (χ1) is 18.6. The van der Waals surface area contributed by atoms with Crippen LogP contribution in [0.5, 0.6) is 0 Å². The second kappa shape index (κ2) is 19.4. The van der Waals surface area contributed by atoms with Crippen molar-refractivity contribution < 1.29 is 9.18 Å². The molecule has 5 nitrogen and oxygen atoms in total. The van der Waals surface area contributed by atoms with Crippen LogP contribution in [-0.2, 0) is 11.3 Å². The Morgan fingerprint density at radius 1 is 0.842 bits per heavy atom. The molecule has 0 saturated heterocycles. The topological polar surface area (TPSA) is 80.0 Å². The van der Waals surface area contributed by atoms with Crippen LogP contribution < -0.4 is 16.4 Å². The lowest BCUT2D eigenvalue weighted by Crippen LogP contribution is -2.13. The number of nitrogens with two attached hydrogens (primary N) is 1. The van der Waals surface area contributed by atoms with Gasteiger partial charge in [0.15, 0.2) is 0 Å². The van der Waals surface area contributed by atoms with E-state index in [1.54, 1.807) is 24.3 Å². The summed E-state index contributed by atoms with van der Waals surface area (Å²) in [4.78, 5) is 16.6. The average molecular weight is 519 g/mol. The van der Waals surface area contributed by atoms with Crippen LogP contribution in [0.2, 0.25) is 0 Å². The van der Waals surface area contributed by atoms with Gasteiger partial charge in [0.25, 0.3) is 0 Å². The van der Waals surface area contributed by atoms with Gasteiger partial charge in [-0.15, -0.1) is 0 Å². The van der Waals surface area contributed by atoms with Crippen molar-refractivity contribution in [2.75, 3.05) is 16.4 Å². The number of benzene rings is 1. The molecule has 0 aliphatic carbocycles. The van der Waals surface area contributed by atoms with E-state index in [1.165, 1.54) is 31.4 Å². The minimum Gasteiger partial charge on any atom is -0.382 e. The number of unbranched alkanes of at least 4 members (excludes halogenated alkanes) is 4. The number of hydrogen-bond acceptors (Lipinski definition) is 4. The molecule has 0 radical (unpaired) electrons. The number of hydrogen-bond donors (Lipinski definition) is 3. The number of halogens is 1. The van der Waals surface area contributed by atoms with Gasteiger partial charge in [-0.2, -0.15) is 0 Å². The van der Waals surface area contributed by atoms with Gasteiger partial charge < -0.3 is 16.4 Å². The maximum absolute atomic E-state index is 13.0. The Balaban J connectivity index is 1.53. The summed E-state index contributed by atoms with van der Waals surface area (Å²) in [6.45, 7) is 2.66. The molecule has 1 aromatic heterocycles. The lowest BCUT2D eigenvalue weighted by Gasteiger charge is -2.10. The number of nitrogen functional groups attached to an aromatic ring is 1. The zero-order valence-electron chi connectivity index (χ0n) is 22.7. The van der Waals surface area contributed by atoms with Gasteiger partial charge in [-0.1, -0.05) is 67.7 Å². The maximum Gasteiger partial charge on any atom is 0.224 e. The van der Waals surface area contributed by atoms with Crippen molar-refractivity contribution in [3.63, 3.8) is 0 Å². The summed E-state index contributed by atoms with van der Waals surface area (Å²) in [5.74, 6) is 0.494. The van der Waals surface area contributed by atoms with Gasteiger partial charge >= 0.3 is 0 Å². The van der Waals surface area contributed by atoms with E-state index in [4.69, 9.17) is 5.73 Å². The lowest BCUT2D eigenvalue weighted by atomic mass is 10.1. The second-order valence-corrected chi connectivity index (χ2v) is 9.10. The first-order valence-corrected chi connectivity index (χ1v) is 13.7. The molecule has 204 valence electrons. The van der Waals surface area contributed by atoms with Gasteiger partial charge in [0, 0.05) is 13.0 Å². The van der Waals surface area contributed by atoms with Gasteiger partial charge in [0.05, 0.1) is 5.69 Å². The third kappa shape index (κ3) is 14.2. The molecule has 0 fully saturated rings. The van der Waals surface area contributed by atoms with Gasteiger partial charge in [0.2, 0.25) is 5.91 Å². The molecule has 2 rings (SSSR count). The van der Waals surface area contributed by atoms with Crippen LogP contribution in [0, 0.1) is 5.82 Å². The zero-order chi connectivity index (χ0) is 27.3. The second-order valence-electron chi connectivity index (χ2n) is 9.10. The Morgan fingerprint density at radius 2 is 1.45 bits per heavy atom. The zero-order valence-corrected chi connectivity index (χ0v) is 22.7. The highest BCUT2D eigenvalue weighted by molar-refractivity contribution is 5.93. The molecule has 0 aliphatic heterocycles. The van der Waals surface area contributed by atoms with E-state index >= 15 is 0 Å². The van der Waals surface area contributed by atoms with E-state index in [9.17, 15) is 9.18 Å². The van der Waals surface area contributed by atoms with Gasteiger partial charge in [-0.25, -0.2) is 9.37 Å². The normalized spacial score (nSPS) is 11.8. The van der Waals surface area contributed by atoms with Crippen molar-refractivity contribution in [2.24, 2.45) is 0 Å². The summed E-state index contributed by atoms with van der Waals surface area (Å²) in [5.41, 5.74) is 7.44. The van der Waals surface area contributed by atoms with Crippen molar-refractivity contribution in [3.8, 4) is 0 Å². The van der Waals surface area contributed by atoms with Crippen molar-refractivity contribution in [2.45, 2.75) is 77.7 Å². The Labute approximate surface area is 227 Å². The van der Waals surface area contributed by atoms with Crippen LogP contribution in [0.1, 0.15) is 76.7 Å². The molecule has 0 bridgehead atoms. The third-order valence-corrected chi connectivity index (χ3v) is 5.80. The van der Waals surface area contributed by atoms with E-state index in [0.717, 1.165) is 44.1 Å². The Bertz CT molecular complexity index is 1060. The SMILES string of the molecule is CC/C=C\CCCC/C=C\C/C=C\C/C=C\CCCC(=O)Nc1ccc(NCc2ccc(F)cc2)nc1N. The molecule has 0 spiro atoms. The number of allylic oxidation sites excluding steroid dienone is 8. The Morgan fingerprint density at radius 3 is 2.08 bits per heavy atom. The quantitative estimate of drug-likeness (QED) is 0.136. The number of nitrogens with zero attached hydrogens (tertiary/aromatic N) is 1. The summed E-state index contributed by atoms with van der Waals surface area (Å²) >= 11 is 0. The van der Waals surface area contributed by atoms with Crippen LogP contribution in [0.15, 0.2) is 85.0 Å². The summed E-state index contributed by atoms with van der Waals surface area (Å²) in [6.07, 6.45) is 27.6. The van der Waals surface area contributed by atoms with Gasteiger partial charge in [0.1, 0.15) is 17.5 Å². The number of amides is 1.